The number of carbonyl (C=O) groups is 2. The van der Waals surface area contributed by atoms with Gasteiger partial charge in [0.05, 0.1) is 10.5 Å². The monoisotopic (exact) mass is 476 g/mol. The summed E-state index contributed by atoms with van der Waals surface area (Å²) in [6.07, 6.45) is 0. The Hall–Kier alpha value is -3.75. The van der Waals surface area contributed by atoms with E-state index in [9.17, 15) is 18.0 Å². The third-order valence-corrected chi connectivity index (χ3v) is 7.23. The largest absolute Gasteiger partial charge is 0.420 e. The van der Waals surface area contributed by atoms with Gasteiger partial charge in [-0.2, -0.15) is 0 Å². The van der Waals surface area contributed by atoms with Crippen LogP contribution in [0.4, 0.5) is 0 Å². The number of carbonyl (C=O) groups excluding carboxylic acids is 2. The molecular formula is C26H24N2O5S. The fourth-order valence-corrected chi connectivity index (χ4v) is 5.31. The molecule has 0 amide bonds. The average molecular weight is 477 g/mol. The Bertz CT molecular complexity index is 1350. The van der Waals surface area contributed by atoms with Gasteiger partial charge in [-0.1, -0.05) is 60.7 Å². The molecule has 3 aromatic carbocycles. The van der Waals surface area contributed by atoms with E-state index in [1.807, 2.05) is 19.0 Å². The summed E-state index contributed by atoms with van der Waals surface area (Å²) in [6, 6.07) is 22.9. The van der Waals surface area contributed by atoms with Crippen LogP contribution in [-0.4, -0.2) is 56.6 Å². The van der Waals surface area contributed by atoms with E-state index in [1.165, 1.54) is 6.07 Å². The Balaban J connectivity index is 1.95. The van der Waals surface area contributed by atoms with Gasteiger partial charge < -0.3 is 9.64 Å². The summed E-state index contributed by atoms with van der Waals surface area (Å²) >= 11 is 0. The van der Waals surface area contributed by atoms with Gasteiger partial charge in [0.1, 0.15) is 5.70 Å². The fourth-order valence-electron chi connectivity index (χ4n) is 3.65. The molecule has 34 heavy (non-hydrogen) atoms. The van der Waals surface area contributed by atoms with Crippen LogP contribution in [0.25, 0.3) is 5.76 Å². The van der Waals surface area contributed by atoms with Crippen LogP contribution in [0.3, 0.4) is 0 Å². The normalized spacial score (nSPS) is 14.6. The van der Waals surface area contributed by atoms with Crippen molar-refractivity contribution in [2.75, 3.05) is 27.2 Å². The summed E-state index contributed by atoms with van der Waals surface area (Å²) in [5.74, 6) is -1.31. The van der Waals surface area contributed by atoms with Crippen molar-refractivity contribution in [2.24, 2.45) is 0 Å². The highest BCUT2D eigenvalue weighted by atomic mass is 32.2. The van der Waals surface area contributed by atoms with Crippen molar-refractivity contribution in [2.45, 2.75) is 4.90 Å². The molecule has 0 aromatic heterocycles. The second-order valence-corrected chi connectivity index (χ2v) is 9.84. The minimum Gasteiger partial charge on any atom is -0.420 e. The Morgan fingerprint density at radius 1 is 0.824 bits per heavy atom. The maximum atomic E-state index is 13.7. The summed E-state index contributed by atoms with van der Waals surface area (Å²) < 4.78 is 34.1. The van der Waals surface area contributed by atoms with E-state index < -0.39 is 21.8 Å². The van der Waals surface area contributed by atoms with E-state index in [4.69, 9.17) is 4.74 Å². The zero-order chi connectivity index (χ0) is 24.3. The highest BCUT2D eigenvalue weighted by Crippen LogP contribution is 2.39. The van der Waals surface area contributed by atoms with Gasteiger partial charge in [-0.25, -0.2) is 13.2 Å². The van der Waals surface area contributed by atoms with Crippen LogP contribution in [0, 0.1) is 0 Å². The second-order valence-electron chi connectivity index (χ2n) is 8.01. The van der Waals surface area contributed by atoms with Crippen LogP contribution in [0.15, 0.2) is 95.5 Å². The minimum atomic E-state index is -4.08. The van der Waals surface area contributed by atoms with Gasteiger partial charge in [-0.05, 0) is 38.4 Å². The number of ketones is 1. The van der Waals surface area contributed by atoms with E-state index in [-0.39, 0.29) is 39.6 Å². The van der Waals surface area contributed by atoms with Crippen LogP contribution >= 0.6 is 0 Å². The summed E-state index contributed by atoms with van der Waals surface area (Å²) in [7, 11) is -0.460. The Kier molecular flexibility index (Phi) is 6.63. The lowest BCUT2D eigenvalue weighted by molar-refractivity contribution is 0.0685. The number of fused-ring (bicyclic) bond motifs is 1. The van der Waals surface area contributed by atoms with Crippen molar-refractivity contribution in [1.29, 1.82) is 0 Å². The van der Waals surface area contributed by atoms with Gasteiger partial charge >= 0.3 is 5.97 Å². The number of sulfonamides is 1. The van der Waals surface area contributed by atoms with Gasteiger partial charge in [0.25, 0.3) is 10.0 Å². The number of ether oxygens (including phenoxy) is 1. The highest BCUT2D eigenvalue weighted by molar-refractivity contribution is 7.89. The number of benzene rings is 3. The molecule has 1 aliphatic heterocycles. The molecule has 0 saturated carbocycles. The summed E-state index contributed by atoms with van der Waals surface area (Å²) in [5.41, 5.74) is 0.561. The van der Waals surface area contributed by atoms with Crippen molar-refractivity contribution in [3.8, 4) is 0 Å². The Morgan fingerprint density at radius 2 is 1.38 bits per heavy atom. The third-order valence-electron chi connectivity index (χ3n) is 5.37. The number of hydrogen-bond acceptors (Lipinski definition) is 6. The minimum absolute atomic E-state index is 0.00393. The lowest BCUT2D eigenvalue weighted by Gasteiger charge is -2.33. The standard InChI is InChI=1S/C26H24N2O5S/c1-27(2)17-18-28-23(24(29)19-11-5-3-6-12-19)25(33-26(30)20-13-7-4-8-14-20)21-15-9-10-16-22(21)34(28,31)32/h3-16H,17-18H2,1-2H3. The van der Waals surface area contributed by atoms with Crippen LogP contribution in [-0.2, 0) is 14.8 Å². The molecular weight excluding hydrogens is 452 g/mol. The number of likely N-dealkylation sites (N-methyl/N-ethyl adjacent to an activating group) is 1. The van der Waals surface area contributed by atoms with Crippen molar-refractivity contribution >= 4 is 27.5 Å². The lowest BCUT2D eigenvalue weighted by atomic mass is 10.0. The molecule has 0 fully saturated rings. The first-order valence-corrected chi connectivity index (χ1v) is 12.1. The fraction of sp³-hybridized carbons (Fsp3) is 0.154. The molecule has 0 N–H and O–H groups in total. The summed E-state index contributed by atoms with van der Waals surface area (Å²) in [6.45, 7) is 0.358. The average Bonchev–Trinajstić information content (AvgIpc) is 2.85. The molecule has 1 aliphatic rings. The molecule has 0 aliphatic carbocycles. The molecule has 1 heterocycles. The van der Waals surface area contributed by atoms with E-state index in [0.29, 0.717) is 6.54 Å². The Labute approximate surface area is 198 Å². The highest BCUT2D eigenvalue weighted by Gasteiger charge is 2.41. The maximum Gasteiger partial charge on any atom is 0.343 e. The van der Waals surface area contributed by atoms with Crippen molar-refractivity contribution in [3.05, 3.63) is 107 Å². The molecule has 7 nitrogen and oxygen atoms in total. The number of allylic oxidation sites excluding steroid dienone is 1. The number of nitrogens with zero attached hydrogens (tertiary/aromatic N) is 2. The lowest BCUT2D eigenvalue weighted by Crippen LogP contribution is -2.42. The summed E-state index contributed by atoms with van der Waals surface area (Å²) in [4.78, 5) is 28.5. The molecule has 0 radical (unpaired) electrons. The molecule has 0 saturated heterocycles. The van der Waals surface area contributed by atoms with E-state index in [1.54, 1.807) is 78.9 Å². The molecule has 8 heteroatoms. The quantitative estimate of drug-likeness (QED) is 0.382. The van der Waals surface area contributed by atoms with Crippen LogP contribution < -0.4 is 0 Å². The molecule has 0 spiro atoms. The van der Waals surface area contributed by atoms with Crippen LogP contribution in [0.1, 0.15) is 26.3 Å². The maximum absolute atomic E-state index is 13.7. The predicted molar refractivity (Wildman–Crippen MR) is 128 cm³/mol. The van der Waals surface area contributed by atoms with Gasteiger partial charge in [0.2, 0.25) is 5.78 Å². The predicted octanol–water partition coefficient (Wildman–Crippen LogP) is 3.66. The zero-order valence-corrected chi connectivity index (χ0v) is 19.7. The molecule has 0 atom stereocenters. The Morgan fingerprint density at radius 3 is 2.00 bits per heavy atom. The SMILES string of the molecule is CN(C)CCN1C(C(=O)c2ccccc2)=C(OC(=O)c2ccccc2)c2ccccc2S1(=O)=O. The van der Waals surface area contributed by atoms with E-state index in [0.717, 1.165) is 4.31 Å². The molecule has 0 unspecified atom stereocenters. The van der Waals surface area contributed by atoms with Gasteiger partial charge in [0.15, 0.2) is 5.76 Å². The van der Waals surface area contributed by atoms with Gasteiger partial charge in [-0.3, -0.25) is 9.10 Å². The molecule has 3 aromatic rings. The van der Waals surface area contributed by atoms with Crippen LogP contribution in [0.2, 0.25) is 0 Å². The molecule has 0 bridgehead atoms. The van der Waals surface area contributed by atoms with Gasteiger partial charge in [-0.15, -0.1) is 0 Å². The molecule has 174 valence electrons. The van der Waals surface area contributed by atoms with Crippen molar-refractivity contribution in [3.63, 3.8) is 0 Å². The smallest absolute Gasteiger partial charge is 0.343 e. The first-order chi connectivity index (χ1) is 16.3. The van der Waals surface area contributed by atoms with E-state index >= 15 is 0 Å². The third kappa shape index (κ3) is 4.50. The molecule has 4 rings (SSSR count). The van der Waals surface area contributed by atoms with Crippen molar-refractivity contribution in [1.82, 2.24) is 9.21 Å². The van der Waals surface area contributed by atoms with Crippen LogP contribution in [0.5, 0.6) is 0 Å². The number of esters is 1. The first kappa shape index (κ1) is 23.4. The van der Waals surface area contributed by atoms with Crippen molar-refractivity contribution < 1.29 is 22.7 Å². The van der Waals surface area contributed by atoms with Gasteiger partial charge in [0, 0.05) is 24.2 Å². The first-order valence-electron chi connectivity index (χ1n) is 10.7. The number of rotatable bonds is 7. The topological polar surface area (TPSA) is 84.0 Å². The number of Topliss-reactive ketones (excluding diaryl/α,β-unsaturated/α-hetero) is 1. The second kappa shape index (κ2) is 9.62. The number of hydrogen-bond donors (Lipinski definition) is 0. The van der Waals surface area contributed by atoms with E-state index in [2.05, 4.69) is 0 Å². The zero-order valence-electron chi connectivity index (χ0n) is 18.8. The summed E-state index contributed by atoms with van der Waals surface area (Å²) in [5, 5.41) is 0.